The van der Waals surface area contributed by atoms with Gasteiger partial charge in [-0.3, -0.25) is 0 Å². The zero-order valence-corrected chi connectivity index (χ0v) is 36.1. The first-order valence-electron chi connectivity index (χ1n) is 23.5. The molecule has 65 heavy (non-hydrogen) atoms. The summed E-state index contributed by atoms with van der Waals surface area (Å²) in [4.78, 5) is 5.12. The highest BCUT2D eigenvalue weighted by molar-refractivity contribution is 6.23. The van der Waals surface area contributed by atoms with Crippen molar-refractivity contribution in [3.63, 3.8) is 0 Å². The lowest BCUT2D eigenvalue weighted by Crippen LogP contribution is -2.34. The van der Waals surface area contributed by atoms with E-state index in [9.17, 15) is 0 Å². The van der Waals surface area contributed by atoms with Crippen LogP contribution in [0, 0.1) is 0 Å². The van der Waals surface area contributed by atoms with Crippen LogP contribution < -0.4 is 9.80 Å². The van der Waals surface area contributed by atoms with Crippen molar-refractivity contribution in [2.24, 2.45) is 0 Å². The van der Waals surface area contributed by atoms with E-state index >= 15 is 0 Å². The number of hydrogen-bond donors (Lipinski definition) is 0. The minimum atomic E-state index is -0.681. The molecule has 14 rings (SSSR count). The van der Waals surface area contributed by atoms with Gasteiger partial charge in [0.05, 0.1) is 22.8 Å². The van der Waals surface area contributed by atoms with E-state index in [1.165, 1.54) is 66.9 Å². The summed E-state index contributed by atoms with van der Waals surface area (Å²) in [6, 6.07) is 43.2. The molecule has 0 radical (unpaired) electrons. The monoisotopic (exact) mass is 838 g/mol. The first-order valence-corrected chi connectivity index (χ1v) is 23.5. The molecule has 0 aliphatic heterocycles. The molecule has 0 amide bonds. The highest BCUT2D eigenvalue weighted by atomic mass is 16.3. The van der Waals surface area contributed by atoms with Gasteiger partial charge >= 0.3 is 0 Å². The van der Waals surface area contributed by atoms with Crippen LogP contribution in [0.25, 0.3) is 61.2 Å². The molecule has 1 atom stereocenters. The second-order valence-electron chi connectivity index (χ2n) is 18.3. The van der Waals surface area contributed by atoms with Crippen molar-refractivity contribution in [1.29, 1.82) is 0 Å². The van der Waals surface area contributed by atoms with Crippen LogP contribution in [-0.4, -0.2) is 6.04 Å². The highest BCUT2D eigenvalue weighted by Gasteiger charge is 2.55. The van der Waals surface area contributed by atoms with E-state index in [-0.39, 0.29) is 6.04 Å². The molecule has 0 N–H and O–H groups in total. The topological polar surface area (TPSA) is 32.8 Å². The first kappa shape index (κ1) is 36.9. The number of para-hydroxylation sites is 2. The SMILES string of the molecule is C1=CCCC(N(c2cc3c(c4c2oc2ccccc24)-c2c(cc(N(C4=CCCC=C4)c4ccccc4)c4c5c(oc24)C=CCC5)C32c3ccccc3-c3ccccc32)C2C=CC=CC2)=C1. The van der Waals surface area contributed by atoms with Crippen LogP contribution in [0.1, 0.15) is 72.1 Å². The van der Waals surface area contributed by atoms with Gasteiger partial charge in [-0.25, -0.2) is 0 Å². The van der Waals surface area contributed by atoms with Crippen LogP contribution in [0.5, 0.6) is 0 Å². The van der Waals surface area contributed by atoms with Gasteiger partial charge in [-0.2, -0.15) is 0 Å². The fourth-order valence-corrected chi connectivity index (χ4v) is 12.3. The lowest BCUT2D eigenvalue weighted by molar-refractivity contribution is 0.596. The smallest absolute Gasteiger partial charge is 0.159 e. The summed E-state index contributed by atoms with van der Waals surface area (Å²) in [6.45, 7) is 0. The van der Waals surface area contributed by atoms with E-state index in [2.05, 4.69) is 198 Å². The Balaban J connectivity index is 1.20. The molecule has 6 aromatic carbocycles. The Morgan fingerprint density at radius 1 is 0.569 bits per heavy atom. The standard InChI is InChI=1S/C61H46N2O2/c1-5-21-39(22-6-1)62(40-23-7-2-8-24-40)51-37-50-58(60-55(51)45-31-15-19-35-53(45)65-60)57-49(61(50)47-33-17-13-29-43(47)44-30-14-18-34-48(44)61)38-52(59-56(57)46-32-16-20-36-54(46)64-59)63(41-25-9-3-10-26-41)42-27-11-4-12-28-42/h1,3-7,9-11,13-14,16-25,27,29-30,32-38,41H,2,8,12,15,26,28,31H2. The van der Waals surface area contributed by atoms with Crippen LogP contribution in [0.4, 0.5) is 17.1 Å². The molecule has 4 heteroatoms. The van der Waals surface area contributed by atoms with E-state index in [4.69, 9.17) is 8.83 Å². The van der Waals surface area contributed by atoms with Gasteiger partial charge in [-0.1, -0.05) is 140 Å². The highest BCUT2D eigenvalue weighted by Crippen LogP contribution is 2.68. The van der Waals surface area contributed by atoms with Gasteiger partial charge in [0.1, 0.15) is 16.9 Å². The number of allylic oxidation sites excluding steroid dienone is 10. The summed E-state index contributed by atoms with van der Waals surface area (Å²) in [5.74, 6) is 0.960. The maximum absolute atomic E-state index is 7.46. The Kier molecular flexibility index (Phi) is 8.07. The molecule has 312 valence electrons. The fourth-order valence-electron chi connectivity index (χ4n) is 12.3. The number of aryl methyl sites for hydroxylation is 1. The van der Waals surface area contributed by atoms with E-state index in [0.717, 1.165) is 95.3 Å². The van der Waals surface area contributed by atoms with Crippen molar-refractivity contribution in [3.8, 4) is 22.3 Å². The van der Waals surface area contributed by atoms with Crippen LogP contribution in [0.2, 0.25) is 0 Å². The predicted molar refractivity (Wildman–Crippen MR) is 268 cm³/mol. The molecule has 4 nitrogen and oxygen atoms in total. The second kappa shape index (κ2) is 14.2. The number of fused-ring (bicyclic) bond motifs is 18. The fraction of sp³-hybridized carbons (Fsp3) is 0.148. The van der Waals surface area contributed by atoms with E-state index in [1.54, 1.807) is 0 Å². The van der Waals surface area contributed by atoms with Gasteiger partial charge < -0.3 is 18.6 Å². The Morgan fingerprint density at radius 2 is 1.32 bits per heavy atom. The molecule has 0 saturated heterocycles. The summed E-state index contributed by atoms with van der Waals surface area (Å²) in [5.41, 5.74) is 19.3. The molecule has 6 aliphatic rings. The third-order valence-corrected chi connectivity index (χ3v) is 14.9. The average molecular weight is 839 g/mol. The summed E-state index contributed by atoms with van der Waals surface area (Å²) in [7, 11) is 0. The van der Waals surface area contributed by atoms with E-state index in [1.807, 2.05) is 0 Å². The van der Waals surface area contributed by atoms with Gasteiger partial charge in [-0.15, -0.1) is 0 Å². The Morgan fingerprint density at radius 3 is 2.11 bits per heavy atom. The maximum atomic E-state index is 7.46. The lowest BCUT2D eigenvalue weighted by atomic mass is 9.70. The molecule has 6 aliphatic carbocycles. The number of anilines is 3. The number of rotatable bonds is 6. The minimum Gasteiger partial charge on any atom is -0.456 e. The zero-order valence-electron chi connectivity index (χ0n) is 36.1. The third kappa shape index (κ3) is 5.14. The van der Waals surface area contributed by atoms with Crippen LogP contribution in [0.3, 0.4) is 0 Å². The van der Waals surface area contributed by atoms with Crippen LogP contribution in [0.15, 0.2) is 202 Å². The minimum absolute atomic E-state index is 0.119. The van der Waals surface area contributed by atoms with Gasteiger partial charge in [-0.05, 0) is 127 Å². The van der Waals surface area contributed by atoms with Crippen molar-refractivity contribution in [3.05, 3.63) is 227 Å². The normalized spacial score (nSPS) is 18.2. The largest absolute Gasteiger partial charge is 0.456 e. The van der Waals surface area contributed by atoms with E-state index in [0.29, 0.717) is 0 Å². The average Bonchev–Trinajstić information content (AvgIpc) is 4.11. The van der Waals surface area contributed by atoms with Crippen molar-refractivity contribution >= 4 is 56.0 Å². The summed E-state index contributed by atoms with van der Waals surface area (Å²) in [5, 5.41) is 3.47. The van der Waals surface area contributed by atoms with Crippen molar-refractivity contribution < 1.29 is 8.83 Å². The second-order valence-corrected chi connectivity index (χ2v) is 18.3. The molecular weight excluding hydrogens is 793 g/mol. The first-order chi connectivity index (χ1) is 32.3. The maximum Gasteiger partial charge on any atom is 0.159 e. The molecule has 0 fully saturated rings. The quantitative estimate of drug-likeness (QED) is 0.167. The van der Waals surface area contributed by atoms with Crippen molar-refractivity contribution in [2.75, 3.05) is 9.80 Å². The molecule has 2 aromatic heterocycles. The summed E-state index contributed by atoms with van der Waals surface area (Å²) in [6.07, 6.45) is 34.2. The number of nitrogens with zero attached hydrogens (tertiary/aromatic N) is 2. The predicted octanol–water partition coefficient (Wildman–Crippen LogP) is 15.9. The Bertz CT molecular complexity index is 3500. The molecule has 1 spiro atoms. The number of hydrogen-bond acceptors (Lipinski definition) is 4. The van der Waals surface area contributed by atoms with Gasteiger partial charge in [0, 0.05) is 49.9 Å². The summed E-state index contributed by atoms with van der Waals surface area (Å²) >= 11 is 0. The molecule has 2 heterocycles. The zero-order chi connectivity index (χ0) is 42.6. The van der Waals surface area contributed by atoms with Gasteiger partial charge in [0.2, 0.25) is 0 Å². The molecular formula is C61H46N2O2. The Labute approximate surface area is 378 Å². The van der Waals surface area contributed by atoms with Gasteiger partial charge in [0.25, 0.3) is 0 Å². The van der Waals surface area contributed by atoms with E-state index < -0.39 is 5.41 Å². The van der Waals surface area contributed by atoms with Crippen molar-refractivity contribution in [2.45, 2.75) is 56.4 Å². The molecule has 0 bridgehead atoms. The molecule has 0 saturated carbocycles. The third-order valence-electron chi connectivity index (χ3n) is 14.9. The number of benzene rings is 6. The summed E-state index contributed by atoms with van der Waals surface area (Å²) < 4.78 is 14.7. The molecule has 8 aromatic rings. The molecule has 1 unspecified atom stereocenters. The Hall–Kier alpha value is -7.56. The van der Waals surface area contributed by atoms with Crippen molar-refractivity contribution in [1.82, 2.24) is 0 Å². The van der Waals surface area contributed by atoms with Gasteiger partial charge in [0.15, 0.2) is 5.58 Å². The van der Waals surface area contributed by atoms with Crippen LogP contribution >= 0.6 is 0 Å². The number of furan rings is 2. The van der Waals surface area contributed by atoms with Crippen LogP contribution in [-0.2, 0) is 11.8 Å². The lowest BCUT2D eigenvalue weighted by Gasteiger charge is -2.37.